The van der Waals surface area contributed by atoms with Gasteiger partial charge in [0.05, 0.1) is 21.8 Å². The minimum atomic E-state index is 0.345. The van der Waals surface area contributed by atoms with Crippen molar-refractivity contribution in [2.75, 3.05) is 20.3 Å². The molecule has 1 atom stereocenters. The Hall–Kier alpha value is -0.970. The fraction of sp³-hybridized carbons (Fsp3) is 0.500. The van der Waals surface area contributed by atoms with Crippen LogP contribution in [0.2, 0.25) is 0 Å². The topological polar surface area (TPSA) is 34.1 Å². The predicted molar refractivity (Wildman–Crippen MR) is 77.3 cm³/mol. The van der Waals surface area contributed by atoms with Crippen LogP contribution in [0.15, 0.2) is 24.3 Å². The van der Waals surface area contributed by atoms with Crippen LogP contribution in [0.3, 0.4) is 0 Å². The molecule has 1 N–H and O–H groups in total. The normalized spacial score (nSPS) is 13.0. The highest BCUT2D eigenvalue weighted by molar-refractivity contribution is 7.18. The number of para-hydroxylation sites is 1. The number of likely N-dealkylation sites (N-methyl/N-ethyl adjacent to an activating group) is 1. The van der Waals surface area contributed by atoms with Gasteiger partial charge >= 0.3 is 0 Å². The van der Waals surface area contributed by atoms with E-state index < -0.39 is 0 Å². The Labute approximate surface area is 112 Å². The van der Waals surface area contributed by atoms with Gasteiger partial charge in [-0.25, -0.2) is 4.98 Å². The van der Waals surface area contributed by atoms with Crippen LogP contribution in [-0.2, 0) is 11.2 Å². The summed E-state index contributed by atoms with van der Waals surface area (Å²) >= 11 is 1.77. The molecule has 0 aliphatic heterocycles. The Morgan fingerprint density at radius 2 is 2.22 bits per heavy atom. The Bertz CT molecular complexity index is 450. The average molecular weight is 264 g/mol. The highest BCUT2D eigenvalue weighted by Crippen LogP contribution is 2.22. The van der Waals surface area contributed by atoms with E-state index in [1.54, 1.807) is 11.3 Å². The van der Waals surface area contributed by atoms with Gasteiger partial charge in [-0.15, -0.1) is 11.3 Å². The zero-order chi connectivity index (χ0) is 12.8. The van der Waals surface area contributed by atoms with Crippen molar-refractivity contribution in [3.8, 4) is 0 Å². The molecule has 0 fully saturated rings. The summed E-state index contributed by atoms with van der Waals surface area (Å²) in [6.45, 7) is 3.71. The van der Waals surface area contributed by atoms with Gasteiger partial charge in [-0.1, -0.05) is 19.1 Å². The molecule has 0 spiro atoms. The Morgan fingerprint density at radius 3 is 2.94 bits per heavy atom. The molecule has 0 saturated carbocycles. The fourth-order valence-electron chi connectivity index (χ4n) is 1.83. The van der Waals surface area contributed by atoms with Crippen molar-refractivity contribution in [2.24, 2.45) is 0 Å². The number of hydrogen-bond acceptors (Lipinski definition) is 4. The second kappa shape index (κ2) is 6.83. The molecule has 0 aliphatic carbocycles. The molecular formula is C14H20N2OS. The summed E-state index contributed by atoms with van der Waals surface area (Å²) in [5, 5.41) is 4.47. The number of nitrogens with zero attached hydrogens (tertiary/aromatic N) is 1. The van der Waals surface area contributed by atoms with Crippen LogP contribution in [0.25, 0.3) is 10.2 Å². The monoisotopic (exact) mass is 264 g/mol. The summed E-state index contributed by atoms with van der Waals surface area (Å²) in [4.78, 5) is 4.65. The molecule has 1 aromatic carbocycles. The van der Waals surface area contributed by atoms with E-state index in [1.165, 1.54) is 9.71 Å². The molecule has 18 heavy (non-hydrogen) atoms. The lowest BCUT2D eigenvalue weighted by Crippen LogP contribution is -2.32. The van der Waals surface area contributed by atoms with E-state index in [9.17, 15) is 0 Å². The van der Waals surface area contributed by atoms with E-state index >= 15 is 0 Å². The molecule has 3 nitrogen and oxygen atoms in total. The molecule has 1 aromatic heterocycles. The number of rotatable bonds is 7. The molecule has 2 rings (SSSR count). The highest BCUT2D eigenvalue weighted by Gasteiger charge is 2.11. The van der Waals surface area contributed by atoms with Crippen molar-refractivity contribution in [1.29, 1.82) is 0 Å². The van der Waals surface area contributed by atoms with Gasteiger partial charge in [0.1, 0.15) is 0 Å². The first-order chi connectivity index (χ1) is 8.83. The molecule has 1 unspecified atom stereocenters. The number of fused-ring (bicyclic) bond motifs is 1. The maximum Gasteiger partial charge on any atom is 0.0955 e. The van der Waals surface area contributed by atoms with Crippen molar-refractivity contribution < 1.29 is 4.74 Å². The Kier molecular flexibility index (Phi) is 5.11. The zero-order valence-electron chi connectivity index (χ0n) is 11.0. The van der Waals surface area contributed by atoms with Gasteiger partial charge in [0.2, 0.25) is 0 Å². The number of aromatic nitrogens is 1. The summed E-state index contributed by atoms with van der Waals surface area (Å²) in [5.74, 6) is 0. The van der Waals surface area contributed by atoms with Gasteiger partial charge in [0, 0.05) is 19.1 Å². The van der Waals surface area contributed by atoms with Gasteiger partial charge in [0.25, 0.3) is 0 Å². The number of benzene rings is 1. The van der Waals surface area contributed by atoms with E-state index in [0.29, 0.717) is 6.04 Å². The zero-order valence-corrected chi connectivity index (χ0v) is 11.8. The molecule has 0 amide bonds. The third-order valence-corrected chi connectivity index (χ3v) is 3.89. The first-order valence-corrected chi connectivity index (χ1v) is 7.24. The molecule has 0 saturated heterocycles. The SMILES string of the molecule is CCCOCC(Cc1nc2ccccc2s1)NC. The molecule has 98 valence electrons. The summed E-state index contributed by atoms with van der Waals surface area (Å²) < 4.78 is 6.86. The van der Waals surface area contributed by atoms with Crippen LogP contribution in [0, 0.1) is 0 Å². The lowest BCUT2D eigenvalue weighted by molar-refractivity contribution is 0.114. The molecule has 0 bridgehead atoms. The first kappa shape index (κ1) is 13.5. The van der Waals surface area contributed by atoms with E-state index in [0.717, 1.165) is 31.6 Å². The van der Waals surface area contributed by atoms with Crippen LogP contribution in [-0.4, -0.2) is 31.3 Å². The number of nitrogens with one attached hydrogen (secondary N) is 1. The third-order valence-electron chi connectivity index (χ3n) is 2.83. The lowest BCUT2D eigenvalue weighted by atomic mass is 10.2. The largest absolute Gasteiger partial charge is 0.380 e. The van der Waals surface area contributed by atoms with E-state index in [1.807, 2.05) is 13.1 Å². The first-order valence-electron chi connectivity index (χ1n) is 6.43. The molecule has 1 heterocycles. The van der Waals surface area contributed by atoms with E-state index in [4.69, 9.17) is 4.74 Å². The number of thiazole rings is 1. The summed E-state index contributed by atoms with van der Waals surface area (Å²) in [6.07, 6.45) is 2.00. The quantitative estimate of drug-likeness (QED) is 0.781. The molecule has 2 aromatic rings. The van der Waals surface area contributed by atoms with E-state index in [2.05, 4.69) is 35.4 Å². The van der Waals surface area contributed by atoms with E-state index in [-0.39, 0.29) is 0 Å². The second-order valence-corrected chi connectivity index (χ2v) is 5.46. The van der Waals surface area contributed by atoms with Crippen LogP contribution >= 0.6 is 11.3 Å². The van der Waals surface area contributed by atoms with Gasteiger partial charge in [-0.05, 0) is 25.6 Å². The Balaban J connectivity index is 1.97. The molecule has 0 radical (unpaired) electrons. The summed E-state index contributed by atoms with van der Waals surface area (Å²) in [5.41, 5.74) is 1.10. The van der Waals surface area contributed by atoms with Crippen molar-refractivity contribution in [3.63, 3.8) is 0 Å². The average Bonchev–Trinajstić information content (AvgIpc) is 2.80. The number of ether oxygens (including phenoxy) is 1. The standard InChI is InChI=1S/C14H20N2OS/c1-3-8-17-10-11(15-2)9-14-16-12-6-4-5-7-13(12)18-14/h4-7,11,15H,3,8-10H2,1-2H3. The van der Waals surface area contributed by atoms with Crippen molar-refractivity contribution in [1.82, 2.24) is 10.3 Å². The van der Waals surface area contributed by atoms with Gasteiger partial charge in [0.15, 0.2) is 0 Å². The predicted octanol–water partition coefficient (Wildman–Crippen LogP) is 2.85. The smallest absolute Gasteiger partial charge is 0.0955 e. The minimum Gasteiger partial charge on any atom is -0.380 e. The molecular weight excluding hydrogens is 244 g/mol. The number of hydrogen-bond donors (Lipinski definition) is 1. The lowest BCUT2D eigenvalue weighted by Gasteiger charge is -2.14. The van der Waals surface area contributed by atoms with Gasteiger partial charge in [-0.2, -0.15) is 0 Å². The maximum absolute atomic E-state index is 5.60. The van der Waals surface area contributed by atoms with Gasteiger partial charge < -0.3 is 10.1 Å². The fourth-order valence-corrected chi connectivity index (χ4v) is 2.88. The van der Waals surface area contributed by atoms with Crippen molar-refractivity contribution in [2.45, 2.75) is 25.8 Å². The Morgan fingerprint density at radius 1 is 1.39 bits per heavy atom. The van der Waals surface area contributed by atoms with Crippen LogP contribution in [0.4, 0.5) is 0 Å². The summed E-state index contributed by atoms with van der Waals surface area (Å²) in [6, 6.07) is 8.63. The van der Waals surface area contributed by atoms with Crippen molar-refractivity contribution >= 4 is 21.6 Å². The third kappa shape index (κ3) is 3.51. The second-order valence-electron chi connectivity index (χ2n) is 4.34. The van der Waals surface area contributed by atoms with Crippen molar-refractivity contribution in [3.05, 3.63) is 29.3 Å². The van der Waals surface area contributed by atoms with Crippen LogP contribution in [0.1, 0.15) is 18.4 Å². The van der Waals surface area contributed by atoms with Gasteiger partial charge in [-0.3, -0.25) is 0 Å². The van der Waals surface area contributed by atoms with Crippen LogP contribution < -0.4 is 5.32 Å². The van der Waals surface area contributed by atoms with Crippen LogP contribution in [0.5, 0.6) is 0 Å². The molecule has 0 aliphatic rings. The minimum absolute atomic E-state index is 0.345. The maximum atomic E-state index is 5.60. The highest BCUT2D eigenvalue weighted by atomic mass is 32.1. The molecule has 4 heteroatoms. The summed E-state index contributed by atoms with van der Waals surface area (Å²) in [7, 11) is 1.98.